The monoisotopic (exact) mass is 378 g/mol. The number of hydrogen-bond acceptors (Lipinski definition) is 3. The summed E-state index contributed by atoms with van der Waals surface area (Å²) in [7, 11) is 0. The molecule has 1 fully saturated rings. The third kappa shape index (κ3) is 4.58. The smallest absolute Gasteiger partial charge is 0.416 e. The average molecular weight is 378 g/mol. The number of carbonyl (C=O) groups is 2. The zero-order valence-corrected chi connectivity index (χ0v) is 14.2. The van der Waals surface area contributed by atoms with Crippen molar-refractivity contribution in [2.45, 2.75) is 12.2 Å². The van der Waals surface area contributed by atoms with E-state index in [1.54, 1.807) is 0 Å². The van der Waals surface area contributed by atoms with Crippen molar-refractivity contribution in [3.05, 3.63) is 71.3 Å². The van der Waals surface area contributed by atoms with Gasteiger partial charge in [0.1, 0.15) is 6.61 Å². The third-order valence-electron chi connectivity index (χ3n) is 4.23. The lowest BCUT2D eigenvalue weighted by Crippen LogP contribution is -2.31. The molecular weight excluding hydrogens is 361 g/mol. The summed E-state index contributed by atoms with van der Waals surface area (Å²) in [5, 5.41) is 2.85. The van der Waals surface area contributed by atoms with Crippen molar-refractivity contribution in [2.75, 3.05) is 19.7 Å². The SMILES string of the molecule is O=C(OCCN1CC(c2ccccc2)NC1=O)c1ccc(C(F)(F)F)cc1. The number of halogens is 3. The number of urea groups is 1. The first-order valence-electron chi connectivity index (χ1n) is 8.29. The fourth-order valence-electron chi connectivity index (χ4n) is 2.78. The summed E-state index contributed by atoms with van der Waals surface area (Å²) < 4.78 is 42.6. The topological polar surface area (TPSA) is 58.6 Å². The van der Waals surface area contributed by atoms with Crippen LogP contribution in [0.5, 0.6) is 0 Å². The van der Waals surface area contributed by atoms with Gasteiger partial charge in [-0.25, -0.2) is 9.59 Å². The second-order valence-electron chi connectivity index (χ2n) is 6.07. The van der Waals surface area contributed by atoms with Crippen LogP contribution >= 0.6 is 0 Å². The van der Waals surface area contributed by atoms with E-state index >= 15 is 0 Å². The van der Waals surface area contributed by atoms with Crippen LogP contribution in [0.2, 0.25) is 0 Å². The molecule has 1 heterocycles. The fourth-order valence-corrected chi connectivity index (χ4v) is 2.78. The number of nitrogens with zero attached hydrogens (tertiary/aromatic N) is 1. The lowest BCUT2D eigenvalue weighted by Gasteiger charge is -2.15. The molecule has 1 N–H and O–H groups in total. The Labute approximate surface area is 153 Å². The largest absolute Gasteiger partial charge is 0.460 e. The summed E-state index contributed by atoms with van der Waals surface area (Å²) in [6.45, 7) is 0.594. The molecule has 1 atom stereocenters. The molecule has 1 unspecified atom stereocenters. The fraction of sp³-hybridized carbons (Fsp3) is 0.263. The van der Waals surface area contributed by atoms with Crippen LogP contribution in [0.1, 0.15) is 27.5 Å². The Balaban J connectivity index is 1.49. The highest BCUT2D eigenvalue weighted by atomic mass is 19.4. The van der Waals surface area contributed by atoms with Crippen molar-refractivity contribution in [2.24, 2.45) is 0 Å². The number of hydrogen-bond donors (Lipinski definition) is 1. The Bertz CT molecular complexity index is 807. The lowest BCUT2D eigenvalue weighted by molar-refractivity contribution is -0.137. The third-order valence-corrected chi connectivity index (χ3v) is 4.23. The van der Waals surface area contributed by atoms with Gasteiger partial charge in [-0.1, -0.05) is 30.3 Å². The highest BCUT2D eigenvalue weighted by Crippen LogP contribution is 2.29. The normalized spacial score (nSPS) is 16.9. The molecule has 8 heteroatoms. The Morgan fingerprint density at radius 3 is 2.41 bits per heavy atom. The van der Waals surface area contributed by atoms with Crippen LogP contribution in [-0.4, -0.2) is 36.6 Å². The van der Waals surface area contributed by atoms with Crippen LogP contribution in [0, 0.1) is 0 Å². The number of alkyl halides is 3. The van der Waals surface area contributed by atoms with Crippen LogP contribution in [0.3, 0.4) is 0 Å². The number of amides is 2. The Morgan fingerprint density at radius 1 is 1.11 bits per heavy atom. The van der Waals surface area contributed by atoms with Crippen molar-refractivity contribution >= 4 is 12.0 Å². The molecule has 1 aliphatic rings. The molecule has 2 aromatic carbocycles. The van der Waals surface area contributed by atoms with Gasteiger partial charge in [-0.05, 0) is 29.8 Å². The molecule has 0 bridgehead atoms. The predicted octanol–water partition coefficient (Wildman–Crippen LogP) is 3.63. The molecule has 1 aliphatic heterocycles. The average Bonchev–Trinajstić information content (AvgIpc) is 3.02. The Morgan fingerprint density at radius 2 is 1.78 bits per heavy atom. The minimum atomic E-state index is -4.46. The maximum Gasteiger partial charge on any atom is 0.416 e. The summed E-state index contributed by atoms with van der Waals surface area (Å²) in [6, 6.07) is 12.9. The van der Waals surface area contributed by atoms with E-state index in [0.29, 0.717) is 6.54 Å². The molecule has 0 aromatic heterocycles. The van der Waals surface area contributed by atoms with Crippen LogP contribution in [0.25, 0.3) is 0 Å². The van der Waals surface area contributed by atoms with Crippen molar-refractivity contribution < 1.29 is 27.5 Å². The molecule has 2 aromatic rings. The summed E-state index contributed by atoms with van der Waals surface area (Å²) in [5.74, 6) is -0.733. The Kier molecular flexibility index (Phi) is 5.34. The number of esters is 1. The number of rotatable bonds is 5. The van der Waals surface area contributed by atoms with E-state index in [1.165, 1.54) is 4.90 Å². The van der Waals surface area contributed by atoms with Crippen LogP contribution in [-0.2, 0) is 10.9 Å². The predicted molar refractivity (Wildman–Crippen MR) is 91.0 cm³/mol. The van der Waals surface area contributed by atoms with Gasteiger partial charge in [0.2, 0.25) is 0 Å². The van der Waals surface area contributed by atoms with E-state index in [0.717, 1.165) is 29.8 Å². The highest BCUT2D eigenvalue weighted by molar-refractivity contribution is 5.89. The molecule has 0 saturated carbocycles. The van der Waals surface area contributed by atoms with E-state index in [-0.39, 0.29) is 30.8 Å². The van der Waals surface area contributed by atoms with E-state index in [4.69, 9.17) is 4.74 Å². The van der Waals surface area contributed by atoms with Crippen LogP contribution < -0.4 is 5.32 Å². The number of nitrogens with one attached hydrogen (secondary N) is 1. The maximum absolute atomic E-state index is 12.5. The van der Waals surface area contributed by atoms with Gasteiger partial charge in [0.15, 0.2) is 0 Å². The maximum atomic E-state index is 12.5. The summed E-state index contributed by atoms with van der Waals surface area (Å²) in [4.78, 5) is 25.5. The van der Waals surface area contributed by atoms with Crippen LogP contribution in [0.4, 0.5) is 18.0 Å². The molecule has 0 spiro atoms. The molecule has 1 saturated heterocycles. The molecule has 27 heavy (non-hydrogen) atoms. The highest BCUT2D eigenvalue weighted by Gasteiger charge is 2.31. The first kappa shape index (κ1) is 18.8. The van der Waals surface area contributed by atoms with Gasteiger partial charge in [-0.2, -0.15) is 13.2 Å². The molecule has 5 nitrogen and oxygen atoms in total. The standard InChI is InChI=1S/C19H17F3N2O3/c20-19(21,22)15-8-6-14(7-9-15)17(25)27-11-10-24-12-16(23-18(24)26)13-4-2-1-3-5-13/h1-9,16H,10-12H2,(H,23,26). The Hall–Kier alpha value is -3.03. The molecule has 2 amide bonds. The summed E-state index contributed by atoms with van der Waals surface area (Å²) in [5.41, 5.74) is 0.172. The van der Waals surface area contributed by atoms with E-state index in [9.17, 15) is 22.8 Å². The molecule has 142 valence electrons. The van der Waals surface area contributed by atoms with E-state index < -0.39 is 17.7 Å². The molecule has 3 rings (SSSR count). The lowest BCUT2D eigenvalue weighted by atomic mass is 10.1. The second-order valence-corrected chi connectivity index (χ2v) is 6.07. The van der Waals surface area contributed by atoms with Crippen molar-refractivity contribution in [3.8, 4) is 0 Å². The summed E-state index contributed by atoms with van der Waals surface area (Å²) in [6.07, 6.45) is -4.46. The van der Waals surface area contributed by atoms with Gasteiger partial charge >= 0.3 is 18.2 Å². The van der Waals surface area contributed by atoms with Crippen LogP contribution in [0.15, 0.2) is 54.6 Å². The molecular formula is C19H17F3N2O3. The van der Waals surface area contributed by atoms with Crippen molar-refractivity contribution in [3.63, 3.8) is 0 Å². The number of ether oxygens (including phenoxy) is 1. The molecule has 0 aliphatic carbocycles. The quantitative estimate of drug-likeness (QED) is 0.809. The van der Waals surface area contributed by atoms with Gasteiger partial charge in [0, 0.05) is 6.54 Å². The van der Waals surface area contributed by atoms with Gasteiger partial charge < -0.3 is 15.0 Å². The second kappa shape index (κ2) is 7.69. The first-order valence-corrected chi connectivity index (χ1v) is 8.29. The van der Waals surface area contributed by atoms with Gasteiger partial charge in [0.25, 0.3) is 0 Å². The number of benzene rings is 2. The zero-order chi connectivity index (χ0) is 19.4. The van der Waals surface area contributed by atoms with Gasteiger partial charge in [-0.15, -0.1) is 0 Å². The van der Waals surface area contributed by atoms with E-state index in [1.807, 2.05) is 30.3 Å². The van der Waals surface area contributed by atoms with E-state index in [2.05, 4.69) is 5.32 Å². The minimum Gasteiger partial charge on any atom is -0.460 e. The first-order chi connectivity index (χ1) is 12.8. The summed E-state index contributed by atoms with van der Waals surface area (Å²) >= 11 is 0. The minimum absolute atomic E-state index is 0.0241. The van der Waals surface area contributed by atoms with Crippen molar-refractivity contribution in [1.82, 2.24) is 10.2 Å². The zero-order valence-electron chi connectivity index (χ0n) is 14.2. The molecule has 0 radical (unpaired) electrons. The van der Waals surface area contributed by atoms with Gasteiger partial charge in [0.05, 0.1) is 23.7 Å². The number of carbonyl (C=O) groups excluding carboxylic acids is 2. The van der Waals surface area contributed by atoms with Gasteiger partial charge in [-0.3, -0.25) is 0 Å². The van der Waals surface area contributed by atoms with Crippen molar-refractivity contribution in [1.29, 1.82) is 0 Å².